The van der Waals surface area contributed by atoms with Gasteiger partial charge in [-0.05, 0) is 19.9 Å². The van der Waals surface area contributed by atoms with E-state index in [1.54, 1.807) is 0 Å². The monoisotopic (exact) mass is 324 g/mol. The number of hydrogen-bond acceptors (Lipinski definition) is 3. The highest BCUT2D eigenvalue weighted by atomic mass is 16.7. The van der Waals surface area contributed by atoms with Crippen LogP contribution in [0.3, 0.4) is 0 Å². The number of ether oxygens (including phenoxy) is 2. The van der Waals surface area contributed by atoms with Gasteiger partial charge in [-0.3, -0.25) is 4.68 Å². The molecule has 126 valence electrons. The molecule has 0 saturated carbocycles. The molecule has 0 radical (unpaired) electrons. The predicted octanol–water partition coefficient (Wildman–Crippen LogP) is 4.49. The Kier molecular flexibility index (Phi) is 5.62. The van der Waals surface area contributed by atoms with Crippen molar-refractivity contribution in [1.29, 1.82) is 0 Å². The number of aryl methyl sites for hydroxylation is 1. The Bertz CT molecular complexity index is 762. The van der Waals surface area contributed by atoms with Crippen LogP contribution in [0, 0.1) is 0 Å². The number of hydrogen-bond donors (Lipinski definition) is 0. The zero-order valence-corrected chi connectivity index (χ0v) is 14.3. The van der Waals surface area contributed by atoms with Crippen molar-refractivity contribution in [3.63, 3.8) is 0 Å². The van der Waals surface area contributed by atoms with E-state index in [0.29, 0.717) is 13.2 Å². The first-order valence-electron chi connectivity index (χ1n) is 8.57. The minimum Gasteiger partial charge on any atom is -0.353 e. The molecule has 3 aromatic rings. The van der Waals surface area contributed by atoms with Gasteiger partial charge in [0.15, 0.2) is 6.29 Å². The van der Waals surface area contributed by atoms with Crippen LogP contribution >= 0.6 is 0 Å². The van der Waals surface area contributed by atoms with Crippen LogP contribution in [0.4, 0.5) is 0 Å². The van der Waals surface area contributed by atoms with E-state index < -0.39 is 0 Å². The lowest BCUT2D eigenvalue weighted by molar-refractivity contribution is -0.141. The highest BCUT2D eigenvalue weighted by molar-refractivity contribution is 5.93. The van der Waals surface area contributed by atoms with Gasteiger partial charge in [-0.2, -0.15) is 5.10 Å². The lowest BCUT2D eigenvalue weighted by Crippen LogP contribution is -2.20. The van der Waals surface area contributed by atoms with Crippen LogP contribution in [-0.4, -0.2) is 29.3 Å². The maximum Gasteiger partial charge on any atom is 0.159 e. The number of benzene rings is 2. The van der Waals surface area contributed by atoms with E-state index in [1.807, 2.05) is 32.0 Å². The number of fused-ring (bicyclic) bond motifs is 1. The van der Waals surface area contributed by atoms with Crippen LogP contribution in [0.15, 0.2) is 54.6 Å². The average Bonchev–Trinajstić information content (AvgIpc) is 3.00. The highest BCUT2D eigenvalue weighted by Gasteiger charge is 2.14. The van der Waals surface area contributed by atoms with Gasteiger partial charge < -0.3 is 9.47 Å². The Balaban J connectivity index is 1.89. The first-order chi connectivity index (χ1) is 11.8. The largest absolute Gasteiger partial charge is 0.353 e. The van der Waals surface area contributed by atoms with E-state index in [-0.39, 0.29) is 6.29 Å². The van der Waals surface area contributed by atoms with Crippen LogP contribution in [-0.2, 0) is 16.0 Å². The summed E-state index contributed by atoms with van der Waals surface area (Å²) in [5.41, 5.74) is 3.30. The van der Waals surface area contributed by atoms with Gasteiger partial charge >= 0.3 is 0 Å². The average molecular weight is 324 g/mol. The van der Waals surface area contributed by atoms with E-state index in [9.17, 15) is 0 Å². The summed E-state index contributed by atoms with van der Waals surface area (Å²) in [6.07, 6.45) is 0.602. The normalized spacial score (nSPS) is 11.5. The fourth-order valence-electron chi connectivity index (χ4n) is 2.92. The molecule has 0 N–H and O–H groups in total. The smallest absolute Gasteiger partial charge is 0.159 e. The summed E-state index contributed by atoms with van der Waals surface area (Å²) in [6, 6.07) is 18.7. The predicted molar refractivity (Wildman–Crippen MR) is 96.8 cm³/mol. The molecule has 4 nitrogen and oxygen atoms in total. The molecule has 0 bridgehead atoms. The minimum absolute atomic E-state index is 0.178. The fraction of sp³-hybridized carbons (Fsp3) is 0.350. The summed E-state index contributed by atoms with van der Waals surface area (Å²) < 4.78 is 13.3. The van der Waals surface area contributed by atoms with Gasteiger partial charge in [0.2, 0.25) is 0 Å². The molecule has 0 aliphatic rings. The second kappa shape index (κ2) is 8.08. The maximum atomic E-state index is 5.64. The second-order valence-corrected chi connectivity index (χ2v) is 5.58. The van der Waals surface area contributed by atoms with Crippen molar-refractivity contribution in [2.75, 3.05) is 13.2 Å². The number of aromatic nitrogens is 2. The first kappa shape index (κ1) is 16.7. The van der Waals surface area contributed by atoms with Gasteiger partial charge in [0, 0.05) is 37.1 Å². The van der Waals surface area contributed by atoms with Crippen molar-refractivity contribution in [3.05, 3.63) is 54.6 Å². The molecular weight excluding hydrogens is 300 g/mol. The van der Waals surface area contributed by atoms with Crippen molar-refractivity contribution in [1.82, 2.24) is 9.78 Å². The van der Waals surface area contributed by atoms with Crippen LogP contribution in [0.25, 0.3) is 22.2 Å². The third kappa shape index (κ3) is 3.66. The van der Waals surface area contributed by atoms with Crippen LogP contribution in [0.5, 0.6) is 0 Å². The molecule has 0 aliphatic carbocycles. The molecule has 0 fully saturated rings. The molecule has 1 aromatic heterocycles. The molecule has 2 aromatic carbocycles. The number of rotatable bonds is 8. The second-order valence-electron chi connectivity index (χ2n) is 5.58. The Morgan fingerprint density at radius 3 is 2.29 bits per heavy atom. The van der Waals surface area contributed by atoms with Gasteiger partial charge in [0.25, 0.3) is 0 Å². The Hall–Kier alpha value is -2.17. The summed E-state index contributed by atoms with van der Waals surface area (Å²) in [7, 11) is 0. The van der Waals surface area contributed by atoms with Crippen LogP contribution in [0.2, 0.25) is 0 Å². The van der Waals surface area contributed by atoms with Gasteiger partial charge in [-0.1, -0.05) is 48.5 Å². The molecule has 24 heavy (non-hydrogen) atoms. The summed E-state index contributed by atoms with van der Waals surface area (Å²) in [4.78, 5) is 0. The maximum absolute atomic E-state index is 5.64. The van der Waals surface area contributed by atoms with E-state index in [0.717, 1.165) is 29.7 Å². The molecule has 3 rings (SSSR count). The molecule has 0 spiro atoms. The zero-order chi connectivity index (χ0) is 16.8. The molecular formula is C20H24N2O2. The molecule has 0 atom stereocenters. The topological polar surface area (TPSA) is 36.3 Å². The lowest BCUT2D eigenvalue weighted by atomic mass is 10.1. The van der Waals surface area contributed by atoms with Gasteiger partial charge in [0.1, 0.15) is 5.69 Å². The first-order valence-corrected chi connectivity index (χ1v) is 8.57. The SMILES string of the molecule is CCOC(CCn1nc(-c2ccccc2)c2ccccc21)OCC. The van der Waals surface area contributed by atoms with Crippen molar-refractivity contribution in [2.45, 2.75) is 33.1 Å². The standard InChI is InChI=1S/C20H24N2O2/c1-3-23-19(24-4-2)14-15-22-18-13-9-8-12-17(18)20(21-22)16-10-6-5-7-11-16/h5-13,19H,3-4,14-15H2,1-2H3. The quantitative estimate of drug-likeness (QED) is 0.573. The van der Waals surface area contributed by atoms with E-state index in [4.69, 9.17) is 14.6 Å². The van der Waals surface area contributed by atoms with Gasteiger partial charge in [0.05, 0.1) is 5.52 Å². The van der Waals surface area contributed by atoms with Crippen molar-refractivity contribution < 1.29 is 9.47 Å². The summed E-state index contributed by atoms with van der Waals surface area (Å²) in [5, 5.41) is 6.03. The van der Waals surface area contributed by atoms with Gasteiger partial charge in [-0.25, -0.2) is 0 Å². The molecule has 0 saturated heterocycles. The Labute approximate surface area is 143 Å². The highest BCUT2D eigenvalue weighted by Crippen LogP contribution is 2.28. The fourth-order valence-corrected chi connectivity index (χ4v) is 2.92. The summed E-state index contributed by atoms with van der Waals surface area (Å²) >= 11 is 0. The molecule has 0 unspecified atom stereocenters. The summed E-state index contributed by atoms with van der Waals surface area (Å²) in [6.45, 7) is 6.04. The number of para-hydroxylation sites is 1. The van der Waals surface area contributed by atoms with E-state index in [2.05, 4.69) is 41.1 Å². The molecule has 0 amide bonds. The van der Waals surface area contributed by atoms with Crippen molar-refractivity contribution in [3.8, 4) is 11.3 Å². The van der Waals surface area contributed by atoms with E-state index >= 15 is 0 Å². The van der Waals surface area contributed by atoms with Crippen LogP contribution < -0.4 is 0 Å². The summed E-state index contributed by atoms with van der Waals surface area (Å²) in [5.74, 6) is 0. The Morgan fingerprint density at radius 1 is 0.917 bits per heavy atom. The minimum atomic E-state index is -0.178. The third-order valence-corrected chi connectivity index (χ3v) is 3.99. The van der Waals surface area contributed by atoms with E-state index in [1.165, 1.54) is 5.39 Å². The molecule has 4 heteroatoms. The molecule has 1 heterocycles. The lowest BCUT2D eigenvalue weighted by Gasteiger charge is -2.16. The Morgan fingerprint density at radius 2 is 1.58 bits per heavy atom. The van der Waals surface area contributed by atoms with Gasteiger partial charge in [-0.15, -0.1) is 0 Å². The zero-order valence-electron chi connectivity index (χ0n) is 14.3. The molecule has 0 aliphatic heterocycles. The van der Waals surface area contributed by atoms with Crippen LogP contribution in [0.1, 0.15) is 20.3 Å². The van der Waals surface area contributed by atoms with Crippen molar-refractivity contribution in [2.24, 2.45) is 0 Å². The number of nitrogens with zero attached hydrogens (tertiary/aromatic N) is 2. The third-order valence-electron chi connectivity index (χ3n) is 3.99. The van der Waals surface area contributed by atoms with Crippen molar-refractivity contribution >= 4 is 10.9 Å².